The fourth-order valence-corrected chi connectivity index (χ4v) is 8.94. The standard InChI is InChI=1S/C30H42O5.C29H40O5/c1-3-5-7-8-9-23-34-29(31)35-28-18-20-30(32,21-19-28)26-14-10-24(11-15-26)25-12-16-27(17-13-25)33-22-6-4-2;1-3-5-7-8-22-33-28(30)34-27-17-19-29(31,20-18-27)25-13-9-23(10-14-25)24-11-15-26(16-12-24)32-21-6-4-2/h10-17,28,32H,3-9,18-23H2,1-2H3;9-16,27,31H,3-8,17-22H2,1-2H3. The highest BCUT2D eigenvalue weighted by Crippen LogP contribution is 2.40. The van der Waals surface area contributed by atoms with Gasteiger partial charge < -0.3 is 38.6 Å². The lowest BCUT2D eigenvalue weighted by molar-refractivity contribution is -0.0538. The Hall–Kier alpha value is -5.06. The van der Waals surface area contributed by atoms with Crippen LogP contribution in [0.25, 0.3) is 22.3 Å². The predicted molar refractivity (Wildman–Crippen MR) is 275 cm³/mol. The van der Waals surface area contributed by atoms with E-state index in [0.29, 0.717) is 64.6 Å². The average Bonchev–Trinajstić information content (AvgIpc) is 3.37. The number of aliphatic hydroxyl groups is 2. The second kappa shape index (κ2) is 29.9. The van der Waals surface area contributed by atoms with Crippen molar-refractivity contribution in [3.05, 3.63) is 108 Å². The molecule has 0 amide bonds. The summed E-state index contributed by atoms with van der Waals surface area (Å²) in [6.07, 6.45) is 17.4. The third kappa shape index (κ3) is 18.7. The van der Waals surface area contributed by atoms with Gasteiger partial charge in [0, 0.05) is 0 Å². The van der Waals surface area contributed by atoms with E-state index in [4.69, 9.17) is 28.4 Å². The van der Waals surface area contributed by atoms with Gasteiger partial charge in [0.2, 0.25) is 0 Å². The topological polar surface area (TPSA) is 130 Å². The molecular formula is C59H82O10. The van der Waals surface area contributed by atoms with Gasteiger partial charge in [-0.1, -0.05) is 158 Å². The first kappa shape index (κ1) is 54.9. The van der Waals surface area contributed by atoms with Crippen molar-refractivity contribution in [2.45, 2.75) is 186 Å². The van der Waals surface area contributed by atoms with Crippen molar-refractivity contribution in [2.24, 2.45) is 0 Å². The van der Waals surface area contributed by atoms with Crippen LogP contribution in [-0.4, -0.2) is 61.2 Å². The maximum Gasteiger partial charge on any atom is 0.508 e. The molecule has 0 saturated heterocycles. The minimum absolute atomic E-state index is 0.194. The molecule has 2 fully saturated rings. The van der Waals surface area contributed by atoms with Gasteiger partial charge in [-0.05, 0) is 135 Å². The van der Waals surface area contributed by atoms with E-state index in [1.165, 1.54) is 19.3 Å². The fourth-order valence-electron chi connectivity index (χ4n) is 8.94. The van der Waals surface area contributed by atoms with Crippen molar-refractivity contribution >= 4 is 12.3 Å². The number of benzene rings is 4. The van der Waals surface area contributed by atoms with E-state index in [-0.39, 0.29) is 12.2 Å². The maximum atomic E-state index is 12.0. The number of hydrogen-bond acceptors (Lipinski definition) is 10. The predicted octanol–water partition coefficient (Wildman–Crippen LogP) is 15.2. The molecule has 0 aliphatic heterocycles. The molecule has 10 heteroatoms. The Morgan fingerprint density at radius 1 is 0.420 bits per heavy atom. The van der Waals surface area contributed by atoms with Gasteiger partial charge in [0.25, 0.3) is 0 Å². The van der Waals surface area contributed by atoms with E-state index in [1.54, 1.807) is 0 Å². The average molecular weight is 951 g/mol. The zero-order valence-electron chi connectivity index (χ0n) is 42.2. The fraction of sp³-hybridized carbons (Fsp3) is 0.559. The zero-order valence-corrected chi connectivity index (χ0v) is 42.2. The number of rotatable bonds is 25. The lowest BCUT2D eigenvalue weighted by Crippen LogP contribution is -2.35. The number of carbonyl (C=O) groups excluding carboxylic acids is 2. The lowest BCUT2D eigenvalue weighted by atomic mass is 9.78. The molecule has 0 heterocycles. The Labute approximate surface area is 413 Å². The van der Waals surface area contributed by atoms with E-state index in [0.717, 1.165) is 122 Å². The van der Waals surface area contributed by atoms with Crippen LogP contribution in [0.2, 0.25) is 0 Å². The summed E-state index contributed by atoms with van der Waals surface area (Å²) in [7, 11) is 0. The summed E-state index contributed by atoms with van der Waals surface area (Å²) in [5.41, 5.74) is 4.48. The number of carbonyl (C=O) groups is 2. The maximum absolute atomic E-state index is 12.0. The Morgan fingerprint density at radius 3 is 1.06 bits per heavy atom. The van der Waals surface area contributed by atoms with Crippen LogP contribution in [0.5, 0.6) is 11.5 Å². The van der Waals surface area contributed by atoms with Gasteiger partial charge in [0.15, 0.2) is 0 Å². The first-order valence-electron chi connectivity index (χ1n) is 26.4. The van der Waals surface area contributed by atoms with Gasteiger partial charge in [0.05, 0.1) is 37.6 Å². The third-order valence-electron chi connectivity index (χ3n) is 13.5. The molecule has 4 aromatic carbocycles. The van der Waals surface area contributed by atoms with Crippen LogP contribution in [0, 0.1) is 0 Å². The summed E-state index contributed by atoms with van der Waals surface area (Å²) in [5, 5.41) is 22.5. The van der Waals surface area contributed by atoms with E-state index < -0.39 is 23.5 Å². The summed E-state index contributed by atoms with van der Waals surface area (Å²) in [4.78, 5) is 23.9. The SMILES string of the molecule is CCCCCCCOC(=O)OC1CCC(O)(c2ccc(-c3ccc(OCCCC)cc3)cc2)CC1.CCCCCCOC(=O)OC1CCC(O)(c2ccc(-c3ccc(OCCCC)cc3)cc2)CC1. The van der Waals surface area contributed by atoms with Crippen LogP contribution < -0.4 is 9.47 Å². The molecule has 4 aromatic rings. The summed E-state index contributed by atoms with van der Waals surface area (Å²) < 4.78 is 32.8. The molecule has 378 valence electrons. The molecule has 6 rings (SSSR count). The second-order valence-electron chi connectivity index (χ2n) is 19.0. The quantitative estimate of drug-likeness (QED) is 0.0489. The Balaban J connectivity index is 0.000000258. The molecule has 0 spiro atoms. The van der Waals surface area contributed by atoms with Gasteiger partial charge in [-0.2, -0.15) is 0 Å². The number of unbranched alkanes of at least 4 members (excludes halogenated alkanes) is 9. The minimum Gasteiger partial charge on any atom is -0.494 e. The highest BCUT2D eigenvalue weighted by molar-refractivity contribution is 5.66. The van der Waals surface area contributed by atoms with E-state index in [9.17, 15) is 19.8 Å². The van der Waals surface area contributed by atoms with Crippen molar-refractivity contribution in [1.82, 2.24) is 0 Å². The van der Waals surface area contributed by atoms with E-state index in [1.807, 2.05) is 48.5 Å². The molecule has 0 bridgehead atoms. The van der Waals surface area contributed by atoms with Crippen LogP contribution in [-0.2, 0) is 30.1 Å². The highest BCUT2D eigenvalue weighted by atomic mass is 16.7. The largest absolute Gasteiger partial charge is 0.508 e. The van der Waals surface area contributed by atoms with Gasteiger partial charge in [0.1, 0.15) is 23.7 Å². The number of hydrogen-bond donors (Lipinski definition) is 2. The van der Waals surface area contributed by atoms with Crippen molar-refractivity contribution in [1.29, 1.82) is 0 Å². The molecule has 69 heavy (non-hydrogen) atoms. The molecule has 2 aliphatic carbocycles. The van der Waals surface area contributed by atoms with Gasteiger partial charge in [-0.3, -0.25) is 0 Å². The smallest absolute Gasteiger partial charge is 0.494 e. The molecule has 2 aliphatic rings. The monoisotopic (exact) mass is 951 g/mol. The first-order valence-corrected chi connectivity index (χ1v) is 26.4. The Morgan fingerprint density at radius 2 is 0.725 bits per heavy atom. The van der Waals surface area contributed by atoms with Crippen LogP contribution in [0.15, 0.2) is 97.1 Å². The van der Waals surface area contributed by atoms with Gasteiger partial charge in [-0.15, -0.1) is 0 Å². The van der Waals surface area contributed by atoms with Crippen LogP contribution in [0.3, 0.4) is 0 Å². The molecule has 2 N–H and O–H groups in total. The third-order valence-corrected chi connectivity index (χ3v) is 13.5. The van der Waals surface area contributed by atoms with Crippen molar-refractivity contribution in [3.8, 4) is 33.8 Å². The summed E-state index contributed by atoms with van der Waals surface area (Å²) in [5.74, 6) is 1.78. The first-order chi connectivity index (χ1) is 33.6. The van der Waals surface area contributed by atoms with E-state index in [2.05, 4.69) is 76.2 Å². The normalized spacial score (nSPS) is 19.9. The lowest BCUT2D eigenvalue weighted by Gasteiger charge is -2.36. The minimum atomic E-state index is -0.890. The summed E-state index contributed by atoms with van der Waals surface area (Å²) in [6.45, 7) is 11.0. The molecule has 0 unspecified atom stereocenters. The van der Waals surface area contributed by atoms with Crippen LogP contribution >= 0.6 is 0 Å². The Kier molecular flexibility index (Phi) is 23.7. The Bertz CT molecular complexity index is 2010. The molecule has 10 nitrogen and oxygen atoms in total. The zero-order chi connectivity index (χ0) is 49.2. The summed E-state index contributed by atoms with van der Waals surface area (Å²) >= 11 is 0. The number of ether oxygens (including phenoxy) is 6. The second-order valence-corrected chi connectivity index (χ2v) is 19.0. The molecular weight excluding hydrogens is 869 g/mol. The van der Waals surface area contributed by atoms with Crippen molar-refractivity contribution in [3.63, 3.8) is 0 Å². The highest BCUT2D eigenvalue weighted by Gasteiger charge is 2.37. The van der Waals surface area contributed by atoms with Crippen molar-refractivity contribution < 1.29 is 48.2 Å². The molecule has 0 atom stereocenters. The summed E-state index contributed by atoms with van der Waals surface area (Å²) in [6, 6.07) is 32.5. The van der Waals surface area contributed by atoms with E-state index >= 15 is 0 Å². The van der Waals surface area contributed by atoms with Gasteiger partial charge >= 0.3 is 12.3 Å². The molecule has 2 saturated carbocycles. The van der Waals surface area contributed by atoms with Crippen molar-refractivity contribution in [2.75, 3.05) is 26.4 Å². The molecule has 0 radical (unpaired) electrons. The van der Waals surface area contributed by atoms with Gasteiger partial charge in [-0.25, -0.2) is 9.59 Å². The van der Waals surface area contributed by atoms with Crippen LogP contribution in [0.1, 0.15) is 174 Å². The molecule has 0 aromatic heterocycles. The van der Waals surface area contributed by atoms with Crippen LogP contribution in [0.4, 0.5) is 9.59 Å².